The van der Waals surface area contributed by atoms with E-state index in [1.807, 2.05) is 36.4 Å². The molecule has 84 valence electrons. The molecule has 0 aliphatic carbocycles. The van der Waals surface area contributed by atoms with Crippen LogP contribution in [0.5, 0.6) is 0 Å². The van der Waals surface area contributed by atoms with Crippen molar-refractivity contribution in [1.82, 2.24) is 0 Å². The van der Waals surface area contributed by atoms with E-state index in [0.29, 0.717) is 0 Å². The van der Waals surface area contributed by atoms with Gasteiger partial charge >= 0.3 is 0 Å². The summed E-state index contributed by atoms with van der Waals surface area (Å²) in [5.41, 5.74) is 9.01. The summed E-state index contributed by atoms with van der Waals surface area (Å²) in [4.78, 5) is 0. The van der Waals surface area contributed by atoms with Gasteiger partial charge in [0.05, 0.1) is 0 Å². The van der Waals surface area contributed by atoms with Crippen LogP contribution in [0.3, 0.4) is 0 Å². The highest BCUT2D eigenvalue weighted by atomic mass is 14.5. The Morgan fingerprint density at radius 2 is 1.62 bits per heavy atom. The van der Waals surface area contributed by atoms with E-state index < -0.39 is 0 Å². The van der Waals surface area contributed by atoms with E-state index in [9.17, 15) is 0 Å². The molecule has 0 saturated heterocycles. The molecule has 1 heteroatoms. The standard InChI is InChI=1S/C8H11N.C7H8/c1-2-7-4-3-5-8(9)6-7;1-7-5-3-2-4-6-7/h3-6H,2,9H2,1H3;2-6H,1H3. The van der Waals surface area contributed by atoms with Gasteiger partial charge in [0.15, 0.2) is 0 Å². The highest BCUT2D eigenvalue weighted by molar-refractivity contribution is 5.40. The molecule has 0 amide bonds. The summed E-state index contributed by atoms with van der Waals surface area (Å²) in [5.74, 6) is 0. The van der Waals surface area contributed by atoms with Crippen LogP contribution in [0.25, 0.3) is 0 Å². The van der Waals surface area contributed by atoms with Crippen molar-refractivity contribution in [1.29, 1.82) is 0 Å². The summed E-state index contributed by atoms with van der Waals surface area (Å²) in [7, 11) is 0. The first-order valence-electron chi connectivity index (χ1n) is 5.58. The molecule has 2 N–H and O–H groups in total. The van der Waals surface area contributed by atoms with Gasteiger partial charge in [-0.3, -0.25) is 0 Å². The van der Waals surface area contributed by atoms with Gasteiger partial charge in [0, 0.05) is 5.69 Å². The van der Waals surface area contributed by atoms with Gasteiger partial charge < -0.3 is 5.73 Å². The molecule has 2 aromatic carbocycles. The monoisotopic (exact) mass is 213 g/mol. The minimum Gasteiger partial charge on any atom is -0.399 e. The van der Waals surface area contributed by atoms with Crippen LogP contribution in [0.4, 0.5) is 5.69 Å². The Bertz CT molecular complexity index is 407. The topological polar surface area (TPSA) is 26.0 Å². The number of nitrogen functional groups attached to an aromatic ring is 1. The van der Waals surface area contributed by atoms with E-state index in [1.165, 1.54) is 11.1 Å². The number of hydrogen-bond donors (Lipinski definition) is 1. The van der Waals surface area contributed by atoms with E-state index in [0.717, 1.165) is 12.1 Å². The van der Waals surface area contributed by atoms with Gasteiger partial charge in [-0.15, -0.1) is 0 Å². The lowest BCUT2D eigenvalue weighted by atomic mass is 10.1. The molecular weight excluding hydrogens is 194 g/mol. The summed E-state index contributed by atoms with van der Waals surface area (Å²) in [6.07, 6.45) is 1.06. The summed E-state index contributed by atoms with van der Waals surface area (Å²) < 4.78 is 0. The molecule has 0 radical (unpaired) electrons. The predicted octanol–water partition coefficient (Wildman–Crippen LogP) is 3.83. The van der Waals surface area contributed by atoms with Gasteiger partial charge in [-0.05, 0) is 31.0 Å². The number of rotatable bonds is 1. The number of nitrogens with two attached hydrogens (primary N) is 1. The first-order chi connectivity index (χ1) is 7.72. The number of benzene rings is 2. The predicted molar refractivity (Wildman–Crippen MR) is 71.4 cm³/mol. The van der Waals surface area contributed by atoms with Gasteiger partial charge in [-0.1, -0.05) is 55.0 Å². The molecule has 0 atom stereocenters. The Hall–Kier alpha value is -1.76. The van der Waals surface area contributed by atoms with E-state index in [2.05, 4.69) is 32.0 Å². The van der Waals surface area contributed by atoms with Gasteiger partial charge in [0.25, 0.3) is 0 Å². The lowest BCUT2D eigenvalue weighted by Gasteiger charge is -1.95. The second kappa shape index (κ2) is 6.67. The molecule has 0 spiro atoms. The van der Waals surface area contributed by atoms with Crippen molar-refractivity contribution in [2.75, 3.05) is 5.73 Å². The van der Waals surface area contributed by atoms with E-state index in [1.54, 1.807) is 0 Å². The van der Waals surface area contributed by atoms with Crippen molar-refractivity contribution >= 4 is 5.69 Å². The zero-order valence-electron chi connectivity index (χ0n) is 9.98. The molecule has 0 unspecified atom stereocenters. The maximum absolute atomic E-state index is 5.53. The van der Waals surface area contributed by atoms with Crippen molar-refractivity contribution in [2.45, 2.75) is 20.3 Å². The van der Waals surface area contributed by atoms with Gasteiger partial charge in [-0.25, -0.2) is 0 Å². The second-order valence-corrected chi connectivity index (χ2v) is 3.75. The molecule has 2 aromatic rings. The average Bonchev–Trinajstić information content (AvgIpc) is 2.31. The number of hydrogen-bond acceptors (Lipinski definition) is 1. The number of aryl methyl sites for hydroxylation is 2. The molecule has 1 nitrogen and oxygen atoms in total. The largest absolute Gasteiger partial charge is 0.399 e. The molecule has 0 saturated carbocycles. The molecular formula is C15H19N. The third-order valence-electron chi connectivity index (χ3n) is 2.30. The summed E-state index contributed by atoms with van der Waals surface area (Å²) in [5, 5.41) is 0. The third kappa shape index (κ3) is 4.65. The highest BCUT2D eigenvalue weighted by Gasteiger charge is 1.86. The number of anilines is 1. The third-order valence-corrected chi connectivity index (χ3v) is 2.30. The van der Waals surface area contributed by atoms with Crippen molar-refractivity contribution in [3.63, 3.8) is 0 Å². The SMILES string of the molecule is CCc1cccc(N)c1.Cc1ccccc1. The van der Waals surface area contributed by atoms with Gasteiger partial charge in [0.2, 0.25) is 0 Å². The van der Waals surface area contributed by atoms with Gasteiger partial charge in [0.1, 0.15) is 0 Å². The zero-order valence-corrected chi connectivity index (χ0v) is 9.98. The van der Waals surface area contributed by atoms with Crippen LogP contribution in [0.15, 0.2) is 54.6 Å². The molecule has 16 heavy (non-hydrogen) atoms. The molecule has 0 heterocycles. The van der Waals surface area contributed by atoms with Crippen LogP contribution in [0, 0.1) is 6.92 Å². The van der Waals surface area contributed by atoms with Crippen molar-refractivity contribution < 1.29 is 0 Å². The Morgan fingerprint density at radius 3 is 2.00 bits per heavy atom. The lowest BCUT2D eigenvalue weighted by molar-refractivity contribution is 1.14. The second-order valence-electron chi connectivity index (χ2n) is 3.75. The van der Waals surface area contributed by atoms with E-state index in [-0.39, 0.29) is 0 Å². The smallest absolute Gasteiger partial charge is 0.0316 e. The molecule has 0 fully saturated rings. The summed E-state index contributed by atoms with van der Waals surface area (Å²) in [6, 6.07) is 18.2. The van der Waals surface area contributed by atoms with Crippen LogP contribution < -0.4 is 5.73 Å². The van der Waals surface area contributed by atoms with Crippen molar-refractivity contribution in [2.24, 2.45) is 0 Å². The summed E-state index contributed by atoms with van der Waals surface area (Å²) >= 11 is 0. The van der Waals surface area contributed by atoms with Crippen LogP contribution in [-0.2, 0) is 6.42 Å². The van der Waals surface area contributed by atoms with Crippen LogP contribution in [0.2, 0.25) is 0 Å². The highest BCUT2D eigenvalue weighted by Crippen LogP contribution is 2.05. The lowest BCUT2D eigenvalue weighted by Crippen LogP contribution is -1.85. The Balaban J connectivity index is 0.000000165. The quantitative estimate of drug-likeness (QED) is 0.716. The molecule has 0 aliphatic heterocycles. The fourth-order valence-corrected chi connectivity index (χ4v) is 1.35. The molecule has 0 aliphatic rings. The maximum Gasteiger partial charge on any atom is 0.0316 e. The van der Waals surface area contributed by atoms with Crippen LogP contribution in [0.1, 0.15) is 18.1 Å². The Kier molecular flexibility index (Phi) is 5.13. The van der Waals surface area contributed by atoms with Crippen molar-refractivity contribution in [3.05, 3.63) is 65.7 Å². The fourth-order valence-electron chi connectivity index (χ4n) is 1.35. The van der Waals surface area contributed by atoms with Gasteiger partial charge in [-0.2, -0.15) is 0 Å². The van der Waals surface area contributed by atoms with Crippen molar-refractivity contribution in [3.8, 4) is 0 Å². The normalized spacial score (nSPS) is 9.12. The maximum atomic E-state index is 5.53. The molecule has 0 bridgehead atoms. The van der Waals surface area contributed by atoms with Crippen LogP contribution in [-0.4, -0.2) is 0 Å². The summed E-state index contributed by atoms with van der Waals surface area (Å²) in [6.45, 7) is 4.20. The first-order valence-corrected chi connectivity index (χ1v) is 5.58. The van der Waals surface area contributed by atoms with Crippen LogP contribution >= 0.6 is 0 Å². The first kappa shape index (κ1) is 12.3. The average molecular weight is 213 g/mol. The minimum absolute atomic E-state index is 0.856. The molecule has 0 aromatic heterocycles. The Morgan fingerprint density at radius 1 is 0.938 bits per heavy atom. The molecule has 2 rings (SSSR count). The minimum atomic E-state index is 0.856. The fraction of sp³-hybridized carbons (Fsp3) is 0.200. The Labute approximate surface area is 97.9 Å². The van der Waals surface area contributed by atoms with E-state index in [4.69, 9.17) is 5.73 Å². The zero-order chi connectivity index (χ0) is 11.8. The van der Waals surface area contributed by atoms with E-state index >= 15 is 0 Å².